The van der Waals surface area contributed by atoms with Gasteiger partial charge in [-0.05, 0) is 30.1 Å². The van der Waals surface area contributed by atoms with Crippen molar-refractivity contribution in [3.63, 3.8) is 0 Å². The van der Waals surface area contributed by atoms with Gasteiger partial charge in [-0.25, -0.2) is 0 Å². The molecule has 0 saturated carbocycles. The maximum absolute atomic E-state index is 12.5. The van der Waals surface area contributed by atoms with Gasteiger partial charge in [-0.2, -0.15) is 13.2 Å². The quantitative estimate of drug-likeness (QED) is 0.867. The molecular weight excluding hydrogens is 247 g/mol. The first-order chi connectivity index (χ1) is 7.91. The standard InChI is InChI=1S/C12H12F3NS/c1-7(6-16)10-4-8-2-3-9(12(13,14)15)5-11(8)17-10/h2-5,7H,6,16H2,1H3. The fraction of sp³-hybridized carbons (Fsp3) is 0.333. The molecule has 0 radical (unpaired) electrons. The van der Waals surface area contributed by atoms with Gasteiger partial charge in [-0.15, -0.1) is 11.3 Å². The topological polar surface area (TPSA) is 26.0 Å². The molecule has 1 unspecified atom stereocenters. The Morgan fingerprint density at radius 3 is 2.59 bits per heavy atom. The predicted molar refractivity (Wildman–Crippen MR) is 64.3 cm³/mol. The number of thiophene rings is 1. The van der Waals surface area contributed by atoms with E-state index in [9.17, 15) is 13.2 Å². The number of halogens is 3. The fourth-order valence-corrected chi connectivity index (χ4v) is 2.75. The molecule has 2 rings (SSSR count). The van der Waals surface area contributed by atoms with Crippen molar-refractivity contribution in [1.82, 2.24) is 0 Å². The lowest BCUT2D eigenvalue weighted by Gasteiger charge is -2.05. The van der Waals surface area contributed by atoms with Crippen molar-refractivity contribution in [2.24, 2.45) is 5.73 Å². The van der Waals surface area contributed by atoms with Crippen molar-refractivity contribution in [3.8, 4) is 0 Å². The van der Waals surface area contributed by atoms with E-state index in [2.05, 4.69) is 0 Å². The van der Waals surface area contributed by atoms with Crippen LogP contribution < -0.4 is 5.73 Å². The summed E-state index contributed by atoms with van der Waals surface area (Å²) in [5, 5.41) is 0.846. The Bertz CT molecular complexity index is 530. The summed E-state index contributed by atoms with van der Waals surface area (Å²) >= 11 is 1.38. The van der Waals surface area contributed by atoms with Crippen molar-refractivity contribution in [2.45, 2.75) is 19.0 Å². The number of rotatable bonds is 2. The maximum atomic E-state index is 12.5. The molecule has 0 saturated heterocycles. The largest absolute Gasteiger partial charge is 0.416 e. The van der Waals surface area contributed by atoms with Crippen LogP contribution in [0.1, 0.15) is 23.3 Å². The second-order valence-electron chi connectivity index (χ2n) is 4.04. The average Bonchev–Trinajstić information content (AvgIpc) is 2.69. The van der Waals surface area contributed by atoms with Gasteiger partial charge in [0.05, 0.1) is 5.56 Å². The Hall–Kier alpha value is -1.07. The van der Waals surface area contributed by atoms with E-state index in [4.69, 9.17) is 5.73 Å². The summed E-state index contributed by atoms with van der Waals surface area (Å²) in [7, 11) is 0. The van der Waals surface area contributed by atoms with Gasteiger partial charge >= 0.3 is 6.18 Å². The summed E-state index contributed by atoms with van der Waals surface area (Å²) in [5.74, 6) is 0.182. The van der Waals surface area contributed by atoms with Crippen LogP contribution >= 0.6 is 11.3 Å². The summed E-state index contributed by atoms with van der Waals surface area (Å²) in [6, 6.07) is 5.75. The van der Waals surface area contributed by atoms with E-state index in [1.807, 2.05) is 13.0 Å². The fourth-order valence-electron chi connectivity index (χ4n) is 1.59. The van der Waals surface area contributed by atoms with Crippen molar-refractivity contribution in [1.29, 1.82) is 0 Å². The lowest BCUT2D eigenvalue weighted by Crippen LogP contribution is -2.06. The highest BCUT2D eigenvalue weighted by atomic mass is 32.1. The first-order valence-electron chi connectivity index (χ1n) is 5.22. The molecule has 1 atom stereocenters. The van der Waals surface area contributed by atoms with Crippen LogP contribution in [0, 0.1) is 0 Å². The molecule has 1 nitrogen and oxygen atoms in total. The predicted octanol–water partition coefficient (Wildman–Crippen LogP) is 3.98. The molecule has 1 aromatic carbocycles. The first kappa shape index (κ1) is 12.4. The molecule has 92 valence electrons. The third kappa shape index (κ3) is 2.45. The van der Waals surface area contributed by atoms with Crippen LogP contribution in [-0.4, -0.2) is 6.54 Å². The van der Waals surface area contributed by atoms with Crippen LogP contribution in [-0.2, 0) is 6.18 Å². The van der Waals surface area contributed by atoms with E-state index in [-0.39, 0.29) is 5.92 Å². The maximum Gasteiger partial charge on any atom is 0.416 e. The molecule has 0 spiro atoms. The molecule has 0 aliphatic rings. The van der Waals surface area contributed by atoms with Crippen molar-refractivity contribution in [3.05, 3.63) is 34.7 Å². The van der Waals surface area contributed by atoms with Crippen LogP contribution in [0.5, 0.6) is 0 Å². The minimum atomic E-state index is -4.28. The number of hydrogen-bond acceptors (Lipinski definition) is 2. The molecule has 2 N–H and O–H groups in total. The van der Waals surface area contributed by atoms with Crippen LogP contribution in [0.4, 0.5) is 13.2 Å². The van der Waals surface area contributed by atoms with Crippen LogP contribution in [0.3, 0.4) is 0 Å². The second-order valence-corrected chi connectivity index (χ2v) is 5.15. The van der Waals surface area contributed by atoms with Gasteiger partial charge in [0.1, 0.15) is 0 Å². The molecule has 1 aromatic heterocycles. The minimum absolute atomic E-state index is 0.182. The van der Waals surface area contributed by atoms with Gasteiger partial charge in [0.2, 0.25) is 0 Å². The monoisotopic (exact) mass is 259 g/mol. The molecule has 0 amide bonds. The first-order valence-corrected chi connectivity index (χ1v) is 6.04. The van der Waals surface area contributed by atoms with Crippen LogP contribution in [0.25, 0.3) is 10.1 Å². The molecule has 2 aromatic rings. The van der Waals surface area contributed by atoms with E-state index >= 15 is 0 Å². The van der Waals surface area contributed by atoms with E-state index in [0.29, 0.717) is 11.2 Å². The third-order valence-corrected chi connectivity index (χ3v) is 4.04. The number of nitrogens with two attached hydrogens (primary N) is 1. The zero-order chi connectivity index (χ0) is 12.6. The molecule has 0 aliphatic carbocycles. The Labute approximate surface area is 101 Å². The summed E-state index contributed by atoms with van der Waals surface area (Å²) in [4.78, 5) is 1.03. The number of hydrogen-bond donors (Lipinski definition) is 1. The van der Waals surface area contributed by atoms with Crippen LogP contribution in [0.15, 0.2) is 24.3 Å². The zero-order valence-corrected chi connectivity index (χ0v) is 10.0. The van der Waals surface area contributed by atoms with E-state index in [0.717, 1.165) is 16.3 Å². The Morgan fingerprint density at radius 2 is 2.00 bits per heavy atom. The number of alkyl halides is 3. The SMILES string of the molecule is CC(CN)c1cc2ccc(C(F)(F)F)cc2s1. The number of fused-ring (bicyclic) bond motifs is 1. The second kappa shape index (κ2) is 4.31. The van der Waals surface area contributed by atoms with E-state index in [1.165, 1.54) is 23.5 Å². The molecule has 0 bridgehead atoms. The van der Waals surface area contributed by atoms with E-state index in [1.54, 1.807) is 0 Å². The zero-order valence-electron chi connectivity index (χ0n) is 9.21. The highest BCUT2D eigenvalue weighted by Crippen LogP contribution is 2.36. The normalized spacial score (nSPS) is 14.2. The van der Waals surface area contributed by atoms with Crippen molar-refractivity contribution >= 4 is 21.4 Å². The van der Waals surface area contributed by atoms with Crippen LogP contribution in [0.2, 0.25) is 0 Å². The molecule has 0 aliphatic heterocycles. The van der Waals surface area contributed by atoms with Gasteiger partial charge in [0.25, 0.3) is 0 Å². The molecule has 0 fully saturated rings. The lowest BCUT2D eigenvalue weighted by molar-refractivity contribution is -0.137. The Kier molecular flexibility index (Phi) is 3.14. The Balaban J connectivity index is 2.48. The van der Waals surface area contributed by atoms with Gasteiger partial charge in [0, 0.05) is 15.5 Å². The summed E-state index contributed by atoms with van der Waals surface area (Å²) in [5.41, 5.74) is 4.95. The molecule has 17 heavy (non-hydrogen) atoms. The Morgan fingerprint density at radius 1 is 1.29 bits per heavy atom. The van der Waals surface area contributed by atoms with Gasteiger partial charge in [-0.3, -0.25) is 0 Å². The third-order valence-electron chi connectivity index (χ3n) is 2.71. The molecule has 1 heterocycles. The van der Waals surface area contributed by atoms with Crippen molar-refractivity contribution < 1.29 is 13.2 Å². The average molecular weight is 259 g/mol. The van der Waals surface area contributed by atoms with Gasteiger partial charge in [0.15, 0.2) is 0 Å². The molecule has 5 heteroatoms. The number of benzene rings is 1. The van der Waals surface area contributed by atoms with Gasteiger partial charge in [-0.1, -0.05) is 13.0 Å². The lowest BCUT2D eigenvalue weighted by atomic mass is 10.1. The summed E-state index contributed by atoms with van der Waals surface area (Å²) in [6.45, 7) is 2.47. The highest BCUT2D eigenvalue weighted by Gasteiger charge is 2.30. The summed E-state index contributed by atoms with van der Waals surface area (Å²) in [6.07, 6.45) is -4.28. The summed E-state index contributed by atoms with van der Waals surface area (Å²) < 4.78 is 38.3. The minimum Gasteiger partial charge on any atom is -0.330 e. The van der Waals surface area contributed by atoms with Gasteiger partial charge < -0.3 is 5.73 Å². The molecular formula is C12H12F3NS. The smallest absolute Gasteiger partial charge is 0.330 e. The van der Waals surface area contributed by atoms with Crippen molar-refractivity contribution in [2.75, 3.05) is 6.54 Å². The van der Waals surface area contributed by atoms with E-state index < -0.39 is 11.7 Å². The highest BCUT2D eigenvalue weighted by molar-refractivity contribution is 7.19.